The van der Waals surface area contributed by atoms with Crippen LogP contribution < -0.4 is 15.4 Å². The van der Waals surface area contributed by atoms with E-state index in [-0.39, 0.29) is 0 Å². The molecule has 2 aromatic carbocycles. The normalized spacial score (nSPS) is 14.4. The van der Waals surface area contributed by atoms with E-state index in [1.807, 2.05) is 24.3 Å². The average Bonchev–Trinajstić information content (AvgIpc) is 2.80. The second-order valence-corrected chi connectivity index (χ2v) is 8.04. The molecule has 6 nitrogen and oxygen atoms in total. The summed E-state index contributed by atoms with van der Waals surface area (Å²) in [6.07, 6.45) is 2.62. The number of nitrogens with zero attached hydrogens (tertiary/aromatic N) is 3. The van der Waals surface area contributed by atoms with Crippen LogP contribution in [0.2, 0.25) is 5.02 Å². The molecule has 0 radical (unpaired) electrons. The minimum Gasteiger partial charge on any atom is -0.495 e. The molecule has 4 rings (SSSR count). The molecule has 0 bridgehead atoms. The van der Waals surface area contributed by atoms with Gasteiger partial charge >= 0.3 is 0 Å². The van der Waals surface area contributed by atoms with Gasteiger partial charge in [0.05, 0.1) is 17.8 Å². The summed E-state index contributed by atoms with van der Waals surface area (Å²) in [5.74, 6) is 1.32. The van der Waals surface area contributed by atoms with Gasteiger partial charge in [-0.3, -0.25) is 4.90 Å². The van der Waals surface area contributed by atoms with Crippen LogP contribution >= 0.6 is 11.6 Å². The minimum atomic E-state index is 0.624. The number of anilines is 1. The van der Waals surface area contributed by atoms with E-state index >= 15 is 0 Å². The molecule has 2 N–H and O–H groups in total. The van der Waals surface area contributed by atoms with E-state index in [9.17, 15) is 0 Å². The lowest BCUT2D eigenvalue weighted by Crippen LogP contribution is -2.42. The molecule has 1 aliphatic heterocycles. The van der Waals surface area contributed by atoms with E-state index in [2.05, 4.69) is 44.8 Å². The molecular weight excluding hydrogens is 410 g/mol. The Morgan fingerprint density at radius 2 is 1.97 bits per heavy atom. The molecule has 0 aliphatic carbocycles. The van der Waals surface area contributed by atoms with Crippen molar-refractivity contribution in [3.05, 3.63) is 70.9 Å². The lowest BCUT2D eigenvalue weighted by molar-refractivity contribution is 0.233. The van der Waals surface area contributed by atoms with Gasteiger partial charge in [-0.2, -0.15) is 0 Å². The third-order valence-electron chi connectivity index (χ3n) is 5.41. The monoisotopic (exact) mass is 437 g/mol. The van der Waals surface area contributed by atoms with E-state index in [1.165, 1.54) is 5.56 Å². The second-order valence-electron chi connectivity index (χ2n) is 7.64. The Morgan fingerprint density at radius 1 is 1.10 bits per heavy atom. The van der Waals surface area contributed by atoms with Crippen molar-refractivity contribution >= 4 is 17.5 Å². The Morgan fingerprint density at radius 3 is 2.77 bits per heavy atom. The predicted molar refractivity (Wildman–Crippen MR) is 126 cm³/mol. The highest BCUT2D eigenvalue weighted by molar-refractivity contribution is 6.32. The molecule has 0 amide bonds. The average molecular weight is 438 g/mol. The predicted octanol–water partition coefficient (Wildman–Crippen LogP) is 3.87. The molecule has 31 heavy (non-hydrogen) atoms. The van der Waals surface area contributed by atoms with Crippen LogP contribution in [0.15, 0.2) is 54.7 Å². The highest BCUT2D eigenvalue weighted by Crippen LogP contribution is 2.25. The SMILES string of the molecule is COc1ccc(CCNc2nccc(-c3cccc(CN4CCNCC4)c3)n2)cc1Cl. The zero-order valence-corrected chi connectivity index (χ0v) is 18.5. The zero-order chi connectivity index (χ0) is 21.5. The van der Waals surface area contributed by atoms with Gasteiger partial charge in [-0.05, 0) is 41.8 Å². The molecule has 0 saturated carbocycles. The van der Waals surface area contributed by atoms with Crippen LogP contribution in [0.4, 0.5) is 5.95 Å². The Kier molecular flexibility index (Phi) is 7.35. The first-order valence-electron chi connectivity index (χ1n) is 10.6. The molecule has 162 valence electrons. The first-order valence-corrected chi connectivity index (χ1v) is 11.0. The fraction of sp³-hybridized carbons (Fsp3) is 0.333. The summed E-state index contributed by atoms with van der Waals surface area (Å²) < 4.78 is 5.21. The van der Waals surface area contributed by atoms with E-state index in [0.29, 0.717) is 16.7 Å². The second kappa shape index (κ2) is 10.6. The molecule has 2 heterocycles. The number of ether oxygens (including phenoxy) is 1. The molecule has 1 saturated heterocycles. The molecule has 0 atom stereocenters. The lowest BCUT2D eigenvalue weighted by atomic mass is 10.1. The summed E-state index contributed by atoms with van der Waals surface area (Å²) >= 11 is 6.21. The van der Waals surface area contributed by atoms with Crippen molar-refractivity contribution in [3.63, 3.8) is 0 Å². The summed E-state index contributed by atoms with van der Waals surface area (Å²) in [6, 6.07) is 16.4. The molecule has 0 unspecified atom stereocenters. The third kappa shape index (κ3) is 5.94. The van der Waals surface area contributed by atoms with Crippen LogP contribution in [0.25, 0.3) is 11.3 Å². The maximum Gasteiger partial charge on any atom is 0.223 e. The molecule has 1 aliphatic rings. The third-order valence-corrected chi connectivity index (χ3v) is 5.70. The minimum absolute atomic E-state index is 0.624. The number of piperazine rings is 1. The summed E-state index contributed by atoms with van der Waals surface area (Å²) in [4.78, 5) is 11.6. The van der Waals surface area contributed by atoms with Crippen molar-refractivity contribution in [3.8, 4) is 17.0 Å². The maximum atomic E-state index is 6.21. The summed E-state index contributed by atoms with van der Waals surface area (Å²) in [6.45, 7) is 5.98. The number of benzene rings is 2. The largest absolute Gasteiger partial charge is 0.495 e. The maximum absolute atomic E-state index is 6.21. The van der Waals surface area contributed by atoms with Gasteiger partial charge in [-0.25, -0.2) is 9.97 Å². The molecule has 7 heteroatoms. The van der Waals surface area contributed by atoms with Crippen LogP contribution in [0.1, 0.15) is 11.1 Å². The number of aromatic nitrogens is 2. The van der Waals surface area contributed by atoms with Gasteiger partial charge in [0.2, 0.25) is 5.95 Å². The van der Waals surface area contributed by atoms with Crippen LogP contribution in [-0.4, -0.2) is 54.7 Å². The smallest absolute Gasteiger partial charge is 0.223 e. The standard InChI is InChI=1S/C24H28ClN5O/c1-31-23-6-5-18(16-21(23)25)7-9-27-24-28-10-8-22(29-24)20-4-2-3-19(15-20)17-30-13-11-26-12-14-30/h2-6,8,10,15-16,26H,7,9,11-14,17H2,1H3,(H,27,28,29). The summed E-state index contributed by atoms with van der Waals surface area (Å²) in [7, 11) is 1.62. The van der Waals surface area contributed by atoms with Crippen molar-refractivity contribution in [1.29, 1.82) is 0 Å². The summed E-state index contributed by atoms with van der Waals surface area (Å²) in [5.41, 5.74) is 4.48. The van der Waals surface area contributed by atoms with E-state index in [1.54, 1.807) is 13.3 Å². The molecule has 1 fully saturated rings. The molecular formula is C24H28ClN5O. The van der Waals surface area contributed by atoms with Crippen molar-refractivity contribution in [1.82, 2.24) is 20.2 Å². The number of hydrogen-bond donors (Lipinski definition) is 2. The highest BCUT2D eigenvalue weighted by Gasteiger charge is 2.11. The van der Waals surface area contributed by atoms with E-state index in [0.717, 1.165) is 62.5 Å². The number of methoxy groups -OCH3 is 1. The zero-order valence-electron chi connectivity index (χ0n) is 17.8. The van der Waals surface area contributed by atoms with Gasteiger partial charge in [0.25, 0.3) is 0 Å². The quantitative estimate of drug-likeness (QED) is 0.558. The van der Waals surface area contributed by atoms with Crippen LogP contribution in [0, 0.1) is 0 Å². The number of hydrogen-bond acceptors (Lipinski definition) is 6. The molecule has 3 aromatic rings. The lowest BCUT2D eigenvalue weighted by Gasteiger charge is -2.27. The van der Waals surface area contributed by atoms with Gasteiger partial charge in [-0.15, -0.1) is 0 Å². The van der Waals surface area contributed by atoms with Crippen molar-refractivity contribution in [2.45, 2.75) is 13.0 Å². The van der Waals surface area contributed by atoms with Gasteiger partial charge in [-0.1, -0.05) is 35.9 Å². The topological polar surface area (TPSA) is 62.3 Å². The number of nitrogens with one attached hydrogen (secondary N) is 2. The fourth-order valence-electron chi connectivity index (χ4n) is 3.75. The van der Waals surface area contributed by atoms with Crippen molar-refractivity contribution in [2.75, 3.05) is 45.2 Å². The van der Waals surface area contributed by atoms with Gasteiger partial charge in [0.1, 0.15) is 5.75 Å². The Hall–Kier alpha value is -2.67. The number of rotatable bonds is 8. The van der Waals surface area contributed by atoms with Crippen molar-refractivity contribution < 1.29 is 4.74 Å². The van der Waals surface area contributed by atoms with Crippen LogP contribution in [0.5, 0.6) is 5.75 Å². The highest BCUT2D eigenvalue weighted by atomic mass is 35.5. The first kappa shape index (κ1) is 21.6. The van der Waals surface area contributed by atoms with Gasteiger partial charge in [0.15, 0.2) is 0 Å². The Balaban J connectivity index is 1.37. The van der Waals surface area contributed by atoms with Crippen LogP contribution in [0.3, 0.4) is 0 Å². The van der Waals surface area contributed by atoms with Crippen LogP contribution in [-0.2, 0) is 13.0 Å². The molecule has 0 spiro atoms. The Bertz CT molecular complexity index is 1010. The van der Waals surface area contributed by atoms with Gasteiger partial charge in [0, 0.05) is 51.0 Å². The molecule has 1 aromatic heterocycles. The fourth-order valence-corrected chi connectivity index (χ4v) is 4.03. The van der Waals surface area contributed by atoms with Crippen molar-refractivity contribution in [2.24, 2.45) is 0 Å². The Labute approximate surface area is 188 Å². The van der Waals surface area contributed by atoms with Gasteiger partial charge < -0.3 is 15.4 Å². The van der Waals surface area contributed by atoms with E-state index < -0.39 is 0 Å². The number of halogens is 1. The van der Waals surface area contributed by atoms with E-state index in [4.69, 9.17) is 21.3 Å². The summed E-state index contributed by atoms with van der Waals surface area (Å²) in [5, 5.41) is 7.35. The first-order chi connectivity index (χ1) is 15.2.